The lowest BCUT2D eigenvalue weighted by Gasteiger charge is -2.18. The highest BCUT2D eigenvalue weighted by atomic mass is 19.4. The van der Waals surface area contributed by atoms with Gasteiger partial charge in [0.2, 0.25) is 0 Å². The van der Waals surface area contributed by atoms with Gasteiger partial charge in [0.15, 0.2) is 0 Å². The molecule has 13 heavy (non-hydrogen) atoms. The number of halogens is 3. The van der Waals surface area contributed by atoms with Crippen LogP contribution in [0.15, 0.2) is 24.3 Å². The molecule has 1 aromatic carbocycles. The molecule has 0 aliphatic rings. The van der Waals surface area contributed by atoms with Crippen LogP contribution in [0.1, 0.15) is 5.56 Å². The number of ether oxygens (including phenoxy) is 1. The summed E-state index contributed by atoms with van der Waals surface area (Å²) in [5.41, 5.74) is -0.373. The van der Waals surface area contributed by atoms with Crippen molar-refractivity contribution in [1.82, 2.24) is 0 Å². The van der Waals surface area contributed by atoms with E-state index in [0.717, 1.165) is 6.07 Å². The van der Waals surface area contributed by atoms with Crippen molar-refractivity contribution in [3.05, 3.63) is 29.8 Å². The normalized spacial score (nSPS) is 11.7. The first-order valence-electron chi connectivity index (χ1n) is 3.82. The van der Waals surface area contributed by atoms with E-state index in [2.05, 4.69) is 4.74 Å². The molecule has 0 spiro atoms. The zero-order valence-electron chi connectivity index (χ0n) is 7.14. The van der Waals surface area contributed by atoms with Crippen LogP contribution in [0.3, 0.4) is 0 Å². The molecule has 0 amide bonds. The smallest absolute Gasteiger partial charge is 0.445 e. The lowest BCUT2D eigenvalue weighted by molar-refractivity contribution is 0.185. The molecule has 0 radical (unpaired) electrons. The fraction of sp³-hybridized carbons (Fsp3) is 0.250. The number of methoxy groups -OCH3 is 1. The van der Waals surface area contributed by atoms with E-state index in [4.69, 9.17) is 0 Å². The summed E-state index contributed by atoms with van der Waals surface area (Å²) in [6.45, 7) is -4.93. The maximum Gasteiger partial charge on any atom is 0.509 e. The van der Waals surface area contributed by atoms with Crippen molar-refractivity contribution in [3.63, 3.8) is 0 Å². The van der Waals surface area contributed by atoms with E-state index in [9.17, 15) is 12.9 Å². The molecule has 0 N–H and O–H groups in total. The highest BCUT2D eigenvalue weighted by Gasteiger charge is 2.27. The summed E-state index contributed by atoms with van der Waals surface area (Å²) in [7, 11) is 1.38. The van der Waals surface area contributed by atoms with Gasteiger partial charge in [0.25, 0.3) is 0 Å². The van der Waals surface area contributed by atoms with E-state index in [1.54, 1.807) is 6.07 Å². The molecule has 0 aliphatic heterocycles. The van der Waals surface area contributed by atoms with Gasteiger partial charge in [-0.2, -0.15) is 0 Å². The summed E-state index contributed by atoms with van der Waals surface area (Å²) in [6, 6.07) is 5.45. The molecule has 0 unspecified atom stereocenters. The molecule has 72 valence electrons. The van der Waals surface area contributed by atoms with Crippen molar-refractivity contribution in [2.75, 3.05) is 7.11 Å². The van der Waals surface area contributed by atoms with Crippen LogP contribution >= 0.6 is 0 Å². The first-order valence-corrected chi connectivity index (χ1v) is 3.82. The van der Waals surface area contributed by atoms with Crippen molar-refractivity contribution in [1.29, 1.82) is 0 Å². The lowest BCUT2D eigenvalue weighted by Crippen LogP contribution is -2.36. The lowest BCUT2D eigenvalue weighted by atomic mass is 9.77. The Labute approximate surface area is 74.6 Å². The molecular weight excluding hydrogens is 180 g/mol. The van der Waals surface area contributed by atoms with Gasteiger partial charge in [-0.1, -0.05) is 24.3 Å². The molecule has 0 saturated carbocycles. The van der Waals surface area contributed by atoms with Crippen LogP contribution in [-0.2, 0) is 11.3 Å². The van der Waals surface area contributed by atoms with E-state index in [0.29, 0.717) is 0 Å². The van der Waals surface area contributed by atoms with Gasteiger partial charge in [-0.3, -0.25) is 0 Å². The van der Waals surface area contributed by atoms with Gasteiger partial charge in [-0.25, -0.2) is 0 Å². The summed E-state index contributed by atoms with van der Waals surface area (Å²) < 4.78 is 41.8. The first-order chi connectivity index (χ1) is 6.05. The molecule has 1 nitrogen and oxygen atoms in total. The molecular formula is C8H9BF3O-. The molecule has 1 rings (SSSR count). The summed E-state index contributed by atoms with van der Waals surface area (Å²) in [6.07, 6.45) is 0. The standard InChI is InChI=1S/C8H9BF3O/c1-13-6-7-4-2-3-5-8(7)9(10,11)12/h2-5H,6H2,1H3/q-1. The highest BCUT2D eigenvalue weighted by molar-refractivity contribution is 6.74. The Morgan fingerprint density at radius 3 is 2.38 bits per heavy atom. The fourth-order valence-electron chi connectivity index (χ4n) is 1.14. The Balaban J connectivity index is 3.05. The largest absolute Gasteiger partial charge is 0.509 e. The molecule has 0 bridgehead atoms. The maximum absolute atomic E-state index is 12.4. The van der Waals surface area contributed by atoms with Gasteiger partial charge in [-0.05, 0) is 5.56 Å². The first kappa shape index (κ1) is 10.1. The van der Waals surface area contributed by atoms with Crippen LogP contribution in [0.25, 0.3) is 0 Å². The van der Waals surface area contributed by atoms with Crippen molar-refractivity contribution in [2.45, 2.75) is 6.61 Å². The van der Waals surface area contributed by atoms with E-state index in [-0.39, 0.29) is 12.2 Å². The average Bonchev–Trinajstić information content (AvgIpc) is 2.04. The topological polar surface area (TPSA) is 9.23 Å². The van der Waals surface area contributed by atoms with Crippen LogP contribution in [0.4, 0.5) is 12.9 Å². The number of hydrogen-bond donors (Lipinski definition) is 0. The minimum atomic E-state index is -4.93. The minimum Gasteiger partial charge on any atom is -0.445 e. The third-order valence-electron chi connectivity index (χ3n) is 1.71. The summed E-state index contributed by atoms with van der Waals surface area (Å²) in [5, 5.41) is 0. The molecule has 0 aliphatic carbocycles. The summed E-state index contributed by atoms with van der Waals surface area (Å²) in [5.74, 6) is 0. The van der Waals surface area contributed by atoms with Crippen LogP contribution in [0.5, 0.6) is 0 Å². The Bertz CT molecular complexity index is 285. The average molecular weight is 189 g/mol. The van der Waals surface area contributed by atoms with Crippen LogP contribution in [-0.4, -0.2) is 14.1 Å². The maximum atomic E-state index is 12.4. The van der Waals surface area contributed by atoms with Gasteiger partial charge in [-0.15, -0.1) is 5.46 Å². The fourth-order valence-corrected chi connectivity index (χ4v) is 1.14. The van der Waals surface area contributed by atoms with E-state index in [1.165, 1.54) is 19.2 Å². The number of rotatable bonds is 3. The second-order valence-electron chi connectivity index (χ2n) is 2.71. The van der Waals surface area contributed by atoms with E-state index >= 15 is 0 Å². The van der Waals surface area contributed by atoms with E-state index < -0.39 is 12.4 Å². The summed E-state index contributed by atoms with van der Waals surface area (Å²) >= 11 is 0. The summed E-state index contributed by atoms with van der Waals surface area (Å²) in [4.78, 5) is 0. The Morgan fingerprint density at radius 2 is 1.85 bits per heavy atom. The third-order valence-corrected chi connectivity index (χ3v) is 1.71. The Morgan fingerprint density at radius 1 is 1.23 bits per heavy atom. The Kier molecular flexibility index (Phi) is 2.98. The molecule has 1 aromatic rings. The molecule has 0 saturated heterocycles. The number of benzene rings is 1. The van der Waals surface area contributed by atoms with Crippen molar-refractivity contribution >= 4 is 12.4 Å². The quantitative estimate of drug-likeness (QED) is 0.659. The SMILES string of the molecule is COCc1ccccc1[B-](F)(F)F. The minimum absolute atomic E-state index is 0.00255. The molecule has 5 heteroatoms. The van der Waals surface area contributed by atoms with Crippen molar-refractivity contribution < 1.29 is 17.7 Å². The monoisotopic (exact) mass is 189 g/mol. The molecule has 0 fully saturated rings. The second-order valence-corrected chi connectivity index (χ2v) is 2.71. The van der Waals surface area contributed by atoms with Crippen LogP contribution in [0, 0.1) is 0 Å². The molecule has 0 atom stereocenters. The number of hydrogen-bond acceptors (Lipinski definition) is 1. The third kappa shape index (κ3) is 2.49. The van der Waals surface area contributed by atoms with E-state index in [1.807, 2.05) is 0 Å². The van der Waals surface area contributed by atoms with Crippen LogP contribution < -0.4 is 5.46 Å². The van der Waals surface area contributed by atoms with Crippen LogP contribution in [0.2, 0.25) is 0 Å². The van der Waals surface area contributed by atoms with Crippen molar-refractivity contribution in [2.24, 2.45) is 0 Å². The predicted octanol–water partition coefficient (Wildman–Crippen LogP) is 1.89. The highest BCUT2D eigenvalue weighted by Crippen LogP contribution is 2.12. The molecule has 0 heterocycles. The van der Waals surface area contributed by atoms with Gasteiger partial charge in [0.1, 0.15) is 0 Å². The van der Waals surface area contributed by atoms with Gasteiger partial charge in [0.05, 0.1) is 6.61 Å². The van der Waals surface area contributed by atoms with Gasteiger partial charge < -0.3 is 17.7 Å². The van der Waals surface area contributed by atoms with Gasteiger partial charge in [0, 0.05) is 7.11 Å². The second kappa shape index (κ2) is 3.83. The zero-order chi connectivity index (χ0) is 9.90. The molecule has 0 aromatic heterocycles. The zero-order valence-corrected chi connectivity index (χ0v) is 7.14. The predicted molar refractivity (Wildman–Crippen MR) is 45.9 cm³/mol. The Hall–Kier alpha value is -0.965. The van der Waals surface area contributed by atoms with Crippen molar-refractivity contribution in [3.8, 4) is 0 Å². The van der Waals surface area contributed by atoms with Gasteiger partial charge >= 0.3 is 6.98 Å².